The van der Waals surface area contributed by atoms with Crippen molar-refractivity contribution in [3.63, 3.8) is 0 Å². The molecule has 0 aliphatic carbocycles. The lowest BCUT2D eigenvalue weighted by Crippen LogP contribution is -2.38. The quantitative estimate of drug-likeness (QED) is 0.779. The van der Waals surface area contributed by atoms with Gasteiger partial charge >= 0.3 is 5.97 Å². The van der Waals surface area contributed by atoms with Gasteiger partial charge in [0, 0.05) is 5.56 Å². The van der Waals surface area contributed by atoms with Crippen LogP contribution >= 0.6 is 23.2 Å². The molecule has 2 aromatic rings. The normalized spacial score (nSPS) is 15.7. The van der Waals surface area contributed by atoms with Crippen molar-refractivity contribution in [3.8, 4) is 0 Å². The standard InChI is InChI=1S/C16H11Cl2NO5S/c1-24-16(21)14-15(20)9-5-2-3-8-12(9)25(22,23)19(14)11-7-4-6-10(17)13(11)18/h2-8,20H,1H3. The Morgan fingerprint density at radius 2 is 1.80 bits per heavy atom. The van der Waals surface area contributed by atoms with Crippen LogP contribution in [0.1, 0.15) is 5.56 Å². The molecule has 6 nitrogen and oxygen atoms in total. The van der Waals surface area contributed by atoms with E-state index in [4.69, 9.17) is 23.2 Å². The van der Waals surface area contributed by atoms with Crippen LogP contribution in [-0.2, 0) is 19.6 Å². The van der Waals surface area contributed by atoms with Crippen molar-refractivity contribution in [1.29, 1.82) is 0 Å². The maximum Gasteiger partial charge on any atom is 0.359 e. The largest absolute Gasteiger partial charge is 0.505 e. The third-order valence-corrected chi connectivity index (χ3v) is 6.20. The number of fused-ring (bicyclic) bond motifs is 1. The molecule has 2 aromatic carbocycles. The third-order valence-electron chi connectivity index (χ3n) is 3.62. The van der Waals surface area contributed by atoms with E-state index in [2.05, 4.69) is 4.74 Å². The summed E-state index contributed by atoms with van der Waals surface area (Å²) in [6.07, 6.45) is 0. The predicted octanol–water partition coefficient (Wildman–Crippen LogP) is 3.60. The number of nitrogens with zero attached hydrogens (tertiary/aromatic N) is 1. The van der Waals surface area contributed by atoms with Crippen molar-refractivity contribution in [1.82, 2.24) is 0 Å². The average Bonchev–Trinajstić information content (AvgIpc) is 2.60. The molecule has 0 spiro atoms. The molecule has 9 heteroatoms. The average molecular weight is 400 g/mol. The monoisotopic (exact) mass is 399 g/mol. The molecule has 1 aliphatic rings. The van der Waals surface area contributed by atoms with E-state index in [9.17, 15) is 18.3 Å². The van der Waals surface area contributed by atoms with Crippen molar-refractivity contribution in [2.45, 2.75) is 4.90 Å². The summed E-state index contributed by atoms with van der Waals surface area (Å²) in [5, 5.41) is 10.6. The molecule has 3 rings (SSSR count). The van der Waals surface area contributed by atoms with Crippen LogP contribution in [0.3, 0.4) is 0 Å². The summed E-state index contributed by atoms with van der Waals surface area (Å²) in [6.45, 7) is 0. The van der Waals surface area contributed by atoms with Crippen LogP contribution in [0.4, 0.5) is 5.69 Å². The van der Waals surface area contributed by atoms with Gasteiger partial charge in [-0.3, -0.25) is 0 Å². The number of benzene rings is 2. The minimum Gasteiger partial charge on any atom is -0.505 e. The molecule has 0 saturated heterocycles. The number of aliphatic hydroxyl groups excluding tert-OH is 1. The van der Waals surface area contributed by atoms with Gasteiger partial charge in [0.25, 0.3) is 10.0 Å². The minimum atomic E-state index is -4.24. The molecular weight excluding hydrogens is 389 g/mol. The second-order valence-electron chi connectivity index (χ2n) is 5.03. The number of rotatable bonds is 2. The van der Waals surface area contributed by atoms with E-state index >= 15 is 0 Å². The number of carbonyl (C=O) groups is 1. The first-order chi connectivity index (χ1) is 11.8. The lowest BCUT2D eigenvalue weighted by molar-refractivity contribution is -0.136. The van der Waals surface area contributed by atoms with Gasteiger partial charge in [-0.1, -0.05) is 41.4 Å². The van der Waals surface area contributed by atoms with Gasteiger partial charge in [0.1, 0.15) is 0 Å². The van der Waals surface area contributed by atoms with Gasteiger partial charge in [0.15, 0.2) is 11.5 Å². The Balaban J connectivity index is 2.42. The fourth-order valence-electron chi connectivity index (χ4n) is 2.50. The summed E-state index contributed by atoms with van der Waals surface area (Å²) >= 11 is 12.1. The van der Waals surface area contributed by atoms with Gasteiger partial charge < -0.3 is 9.84 Å². The number of anilines is 1. The molecular formula is C16H11Cl2NO5S. The number of hydrogen-bond donors (Lipinski definition) is 1. The summed E-state index contributed by atoms with van der Waals surface area (Å²) < 4.78 is 31.5. The Hall–Kier alpha value is -2.22. The van der Waals surface area contributed by atoms with Crippen LogP contribution in [0.15, 0.2) is 53.1 Å². The second kappa shape index (κ2) is 6.25. The fourth-order valence-corrected chi connectivity index (χ4v) is 4.64. The summed E-state index contributed by atoms with van der Waals surface area (Å²) in [4.78, 5) is 12.1. The van der Waals surface area contributed by atoms with Crippen LogP contribution < -0.4 is 4.31 Å². The Labute approximate surface area is 153 Å². The van der Waals surface area contributed by atoms with Crippen molar-refractivity contribution in [2.75, 3.05) is 11.4 Å². The molecule has 0 amide bonds. The van der Waals surface area contributed by atoms with Crippen molar-refractivity contribution in [2.24, 2.45) is 0 Å². The van der Waals surface area contributed by atoms with Gasteiger partial charge in [-0.05, 0) is 24.3 Å². The highest BCUT2D eigenvalue weighted by Gasteiger charge is 2.42. The highest BCUT2D eigenvalue weighted by molar-refractivity contribution is 7.93. The van der Waals surface area contributed by atoms with E-state index in [-0.39, 0.29) is 26.2 Å². The first-order valence-electron chi connectivity index (χ1n) is 6.91. The first kappa shape index (κ1) is 17.6. The number of aliphatic hydroxyl groups is 1. The molecule has 0 atom stereocenters. The van der Waals surface area contributed by atoms with E-state index in [1.54, 1.807) is 6.07 Å². The zero-order valence-electron chi connectivity index (χ0n) is 12.7. The van der Waals surface area contributed by atoms with Crippen LogP contribution in [0.25, 0.3) is 5.76 Å². The predicted molar refractivity (Wildman–Crippen MR) is 94.1 cm³/mol. The van der Waals surface area contributed by atoms with Crippen molar-refractivity contribution < 1.29 is 23.1 Å². The topological polar surface area (TPSA) is 83.9 Å². The number of halogens is 2. The second-order valence-corrected chi connectivity index (χ2v) is 7.57. The number of carbonyl (C=O) groups excluding carboxylic acids is 1. The zero-order valence-corrected chi connectivity index (χ0v) is 15.1. The van der Waals surface area contributed by atoms with E-state index in [0.29, 0.717) is 4.31 Å². The molecule has 25 heavy (non-hydrogen) atoms. The molecule has 0 bridgehead atoms. The van der Waals surface area contributed by atoms with Gasteiger partial charge in [0.2, 0.25) is 0 Å². The van der Waals surface area contributed by atoms with Gasteiger partial charge in [0.05, 0.1) is 27.7 Å². The number of ether oxygens (including phenoxy) is 1. The molecule has 0 saturated carbocycles. The number of methoxy groups -OCH3 is 1. The van der Waals surface area contributed by atoms with Gasteiger partial charge in [-0.25, -0.2) is 17.5 Å². The van der Waals surface area contributed by atoms with Crippen LogP contribution in [-0.4, -0.2) is 26.6 Å². The SMILES string of the molecule is COC(=O)C1=C(O)c2ccccc2S(=O)(=O)N1c1cccc(Cl)c1Cl. The Morgan fingerprint density at radius 1 is 1.12 bits per heavy atom. The van der Waals surface area contributed by atoms with E-state index in [1.807, 2.05) is 0 Å². The van der Waals surface area contributed by atoms with E-state index in [1.165, 1.54) is 36.4 Å². The van der Waals surface area contributed by atoms with Crippen LogP contribution in [0.2, 0.25) is 10.0 Å². The lowest BCUT2D eigenvalue weighted by Gasteiger charge is -2.31. The molecule has 1 heterocycles. The summed E-state index contributed by atoms with van der Waals surface area (Å²) in [5.41, 5.74) is -0.640. The number of esters is 1. The van der Waals surface area contributed by atoms with Gasteiger partial charge in [-0.15, -0.1) is 0 Å². The molecule has 0 fully saturated rings. The summed E-state index contributed by atoms with van der Waals surface area (Å²) in [5.74, 6) is -1.57. The van der Waals surface area contributed by atoms with Crippen molar-refractivity contribution >= 4 is 50.6 Å². The maximum atomic E-state index is 13.1. The first-order valence-corrected chi connectivity index (χ1v) is 9.10. The highest BCUT2D eigenvalue weighted by atomic mass is 35.5. The van der Waals surface area contributed by atoms with Gasteiger partial charge in [-0.2, -0.15) is 0 Å². The molecule has 130 valence electrons. The van der Waals surface area contributed by atoms with Crippen LogP contribution in [0.5, 0.6) is 0 Å². The highest BCUT2D eigenvalue weighted by Crippen LogP contribution is 2.43. The van der Waals surface area contributed by atoms with E-state index in [0.717, 1.165) is 7.11 Å². The third kappa shape index (κ3) is 2.64. The van der Waals surface area contributed by atoms with Crippen LogP contribution in [0, 0.1) is 0 Å². The lowest BCUT2D eigenvalue weighted by atomic mass is 10.1. The summed E-state index contributed by atoms with van der Waals surface area (Å²) in [7, 11) is -3.16. The number of sulfonamides is 1. The molecule has 0 radical (unpaired) electrons. The smallest absolute Gasteiger partial charge is 0.359 e. The van der Waals surface area contributed by atoms with E-state index < -0.39 is 27.4 Å². The Morgan fingerprint density at radius 3 is 2.48 bits per heavy atom. The molecule has 1 aliphatic heterocycles. The maximum absolute atomic E-state index is 13.1. The molecule has 0 aromatic heterocycles. The van der Waals surface area contributed by atoms with Crippen molar-refractivity contribution in [3.05, 3.63) is 63.8 Å². The molecule has 0 unspecified atom stereocenters. The summed E-state index contributed by atoms with van der Waals surface area (Å²) in [6, 6.07) is 10.1. The number of hydrogen-bond acceptors (Lipinski definition) is 5. The Kier molecular flexibility index (Phi) is 4.40. The molecule has 1 N–H and O–H groups in total. The minimum absolute atomic E-state index is 0.00250. The zero-order chi connectivity index (χ0) is 18.4. The Bertz CT molecular complexity index is 1020. The fraction of sp³-hybridized carbons (Fsp3) is 0.0625.